The van der Waals surface area contributed by atoms with Crippen molar-refractivity contribution in [3.63, 3.8) is 0 Å². The topological polar surface area (TPSA) is 87.4 Å². The Morgan fingerprint density at radius 2 is 2.29 bits per heavy atom. The average molecular weight is 309 g/mol. The molecule has 0 aliphatic carbocycles. The van der Waals surface area contributed by atoms with E-state index in [-0.39, 0.29) is 18.1 Å². The first-order valence-corrected chi connectivity index (χ1v) is 7.62. The van der Waals surface area contributed by atoms with E-state index in [4.69, 9.17) is 4.42 Å². The van der Waals surface area contributed by atoms with Crippen LogP contribution in [0.1, 0.15) is 43.2 Å². The number of hydrogen-bond donors (Lipinski definition) is 3. The molecule has 2 rings (SSSR count). The van der Waals surface area contributed by atoms with Crippen LogP contribution in [0.2, 0.25) is 0 Å². The van der Waals surface area contributed by atoms with Gasteiger partial charge < -0.3 is 20.2 Å². The molecule has 0 unspecified atom stereocenters. The van der Waals surface area contributed by atoms with Crippen LogP contribution in [0.15, 0.2) is 34.4 Å². The lowest BCUT2D eigenvalue weighted by Crippen LogP contribution is -2.42. The van der Waals surface area contributed by atoms with E-state index in [0.29, 0.717) is 12.2 Å². The molecular weight excluding hydrogens is 290 g/mol. The average Bonchev–Trinajstić information content (AvgIpc) is 3.12. The van der Waals surface area contributed by atoms with Crippen LogP contribution in [0, 0.1) is 0 Å². The predicted molar refractivity (Wildman–Crippen MR) is 79.9 cm³/mol. The smallest absolute Gasteiger partial charge is 0.315 e. The summed E-state index contributed by atoms with van der Waals surface area (Å²) in [5, 5.41) is 18.3. The van der Waals surface area contributed by atoms with Crippen LogP contribution in [0.25, 0.3) is 0 Å². The summed E-state index contributed by atoms with van der Waals surface area (Å²) < 4.78 is 5.13. The lowest BCUT2D eigenvalue weighted by atomic mass is 10.1. The quantitative estimate of drug-likeness (QED) is 0.765. The lowest BCUT2D eigenvalue weighted by molar-refractivity contribution is 0.129. The minimum absolute atomic E-state index is 0.146. The van der Waals surface area contributed by atoms with Crippen LogP contribution in [0.4, 0.5) is 4.79 Å². The number of nitrogens with one attached hydrogen (secondary N) is 2. The highest BCUT2D eigenvalue weighted by Crippen LogP contribution is 2.18. The van der Waals surface area contributed by atoms with Gasteiger partial charge in [0.15, 0.2) is 0 Å². The predicted octanol–water partition coefficient (Wildman–Crippen LogP) is 2.61. The zero-order chi connectivity index (χ0) is 15.2. The van der Waals surface area contributed by atoms with Gasteiger partial charge in [-0.05, 0) is 26.0 Å². The Hall–Kier alpha value is -1.86. The molecule has 0 aliphatic rings. The van der Waals surface area contributed by atoms with Crippen LogP contribution in [0.5, 0.6) is 0 Å². The van der Waals surface area contributed by atoms with Crippen LogP contribution < -0.4 is 10.6 Å². The van der Waals surface area contributed by atoms with E-state index >= 15 is 0 Å². The summed E-state index contributed by atoms with van der Waals surface area (Å²) in [7, 11) is 0. The zero-order valence-corrected chi connectivity index (χ0v) is 12.8. The second-order valence-corrected chi connectivity index (χ2v) is 5.80. The maximum absolute atomic E-state index is 11.9. The van der Waals surface area contributed by atoms with Crippen molar-refractivity contribution in [2.45, 2.75) is 38.5 Å². The highest BCUT2D eigenvalue weighted by atomic mass is 32.1. The normalized spacial score (nSPS) is 15.2. The molecule has 2 heterocycles. The summed E-state index contributed by atoms with van der Waals surface area (Å²) >= 11 is 1.49. The van der Waals surface area contributed by atoms with Gasteiger partial charge in [-0.1, -0.05) is 0 Å². The molecule has 0 spiro atoms. The van der Waals surface area contributed by atoms with E-state index < -0.39 is 6.10 Å². The summed E-state index contributed by atoms with van der Waals surface area (Å²) in [6.45, 7) is 3.71. The molecule has 3 N–H and O–H groups in total. The molecule has 6 nitrogen and oxygen atoms in total. The fourth-order valence-corrected chi connectivity index (χ4v) is 2.61. The molecule has 2 aromatic rings. The van der Waals surface area contributed by atoms with Gasteiger partial charge in [0.1, 0.15) is 16.9 Å². The van der Waals surface area contributed by atoms with E-state index in [9.17, 15) is 9.90 Å². The van der Waals surface area contributed by atoms with E-state index in [1.807, 2.05) is 19.2 Å². The van der Waals surface area contributed by atoms with Crippen molar-refractivity contribution >= 4 is 17.4 Å². The summed E-state index contributed by atoms with van der Waals surface area (Å²) in [5.74, 6) is 0.500. The molecule has 3 atom stereocenters. The first-order valence-electron chi connectivity index (χ1n) is 6.74. The van der Waals surface area contributed by atoms with Crippen molar-refractivity contribution in [1.82, 2.24) is 15.6 Å². The van der Waals surface area contributed by atoms with Crippen molar-refractivity contribution in [3.8, 4) is 0 Å². The molecule has 2 amide bonds. The van der Waals surface area contributed by atoms with E-state index in [1.165, 1.54) is 17.6 Å². The van der Waals surface area contributed by atoms with Gasteiger partial charge in [-0.2, -0.15) is 0 Å². The molecule has 0 saturated carbocycles. The number of carbonyl (C=O) groups excluding carboxylic acids is 1. The van der Waals surface area contributed by atoms with E-state index in [2.05, 4.69) is 15.6 Å². The van der Waals surface area contributed by atoms with Crippen molar-refractivity contribution in [2.75, 3.05) is 0 Å². The Morgan fingerprint density at radius 1 is 1.48 bits per heavy atom. The number of aromatic nitrogens is 1. The molecule has 0 bridgehead atoms. The monoisotopic (exact) mass is 309 g/mol. The fraction of sp³-hybridized carbons (Fsp3) is 0.429. The number of aliphatic hydroxyl groups is 1. The number of hydrogen-bond acceptors (Lipinski definition) is 5. The van der Waals surface area contributed by atoms with Gasteiger partial charge in [-0.25, -0.2) is 9.78 Å². The first-order chi connectivity index (χ1) is 10.1. The molecule has 0 fully saturated rings. The molecule has 21 heavy (non-hydrogen) atoms. The van der Waals surface area contributed by atoms with Crippen molar-refractivity contribution in [2.24, 2.45) is 0 Å². The van der Waals surface area contributed by atoms with Gasteiger partial charge in [-0.3, -0.25) is 0 Å². The molecule has 0 aromatic carbocycles. The summed E-state index contributed by atoms with van der Waals surface area (Å²) in [6.07, 6.45) is 2.87. The standard InChI is InChI=1S/C14H19N3O3S/c1-9(8-11(18)12-4-3-6-20-12)16-14(19)17-10(2)13-15-5-7-21-13/h3-7,9-11,18H,8H2,1-2H3,(H2,16,17,19)/t9-,10-,11+/m1/s1. The van der Waals surface area contributed by atoms with Gasteiger partial charge in [0.2, 0.25) is 0 Å². The van der Waals surface area contributed by atoms with Crippen molar-refractivity contribution in [1.29, 1.82) is 0 Å². The molecule has 2 aromatic heterocycles. The molecule has 0 aliphatic heterocycles. The number of urea groups is 1. The Labute approximate surface area is 127 Å². The number of amides is 2. The number of aliphatic hydroxyl groups excluding tert-OH is 1. The lowest BCUT2D eigenvalue weighted by Gasteiger charge is -2.18. The van der Waals surface area contributed by atoms with Crippen molar-refractivity contribution in [3.05, 3.63) is 40.7 Å². The van der Waals surface area contributed by atoms with Gasteiger partial charge >= 0.3 is 6.03 Å². The minimum atomic E-state index is -0.730. The van der Waals surface area contributed by atoms with Gasteiger partial charge in [-0.15, -0.1) is 11.3 Å². The molecule has 7 heteroatoms. The van der Waals surface area contributed by atoms with E-state index in [1.54, 1.807) is 18.3 Å². The third-order valence-corrected chi connectivity index (χ3v) is 3.95. The Balaban J connectivity index is 1.77. The third-order valence-electron chi connectivity index (χ3n) is 3.00. The van der Waals surface area contributed by atoms with Crippen LogP contribution in [0.3, 0.4) is 0 Å². The maximum atomic E-state index is 11.9. The summed E-state index contributed by atoms with van der Waals surface area (Å²) in [6, 6.07) is 2.82. The number of carbonyl (C=O) groups is 1. The van der Waals surface area contributed by atoms with Gasteiger partial charge in [0.25, 0.3) is 0 Å². The first kappa shape index (κ1) is 15.5. The molecular formula is C14H19N3O3S. The Kier molecular flexibility index (Phi) is 5.35. The zero-order valence-electron chi connectivity index (χ0n) is 11.9. The van der Waals surface area contributed by atoms with Gasteiger partial charge in [0, 0.05) is 24.0 Å². The van der Waals surface area contributed by atoms with Crippen LogP contribution in [-0.2, 0) is 0 Å². The minimum Gasteiger partial charge on any atom is -0.467 e. The molecule has 0 saturated heterocycles. The van der Waals surface area contributed by atoms with Gasteiger partial charge in [0.05, 0.1) is 12.3 Å². The number of nitrogens with zero attached hydrogens (tertiary/aromatic N) is 1. The highest BCUT2D eigenvalue weighted by molar-refractivity contribution is 7.09. The van der Waals surface area contributed by atoms with Crippen molar-refractivity contribution < 1.29 is 14.3 Å². The number of rotatable bonds is 6. The Morgan fingerprint density at radius 3 is 2.90 bits per heavy atom. The van der Waals surface area contributed by atoms with E-state index in [0.717, 1.165) is 5.01 Å². The fourth-order valence-electron chi connectivity index (χ4n) is 1.96. The molecule has 114 valence electrons. The Bertz CT molecular complexity index is 542. The second-order valence-electron chi connectivity index (χ2n) is 4.88. The number of furan rings is 1. The maximum Gasteiger partial charge on any atom is 0.315 e. The summed E-state index contributed by atoms with van der Waals surface area (Å²) in [4.78, 5) is 16.0. The van der Waals surface area contributed by atoms with Crippen LogP contribution >= 0.6 is 11.3 Å². The SMILES string of the molecule is C[C@H](C[C@H](O)c1ccco1)NC(=O)N[C@H](C)c1nccs1. The second kappa shape index (κ2) is 7.24. The highest BCUT2D eigenvalue weighted by Gasteiger charge is 2.17. The van der Waals surface area contributed by atoms with Crippen LogP contribution in [-0.4, -0.2) is 22.2 Å². The number of thiazole rings is 1. The molecule has 0 radical (unpaired) electrons. The third kappa shape index (κ3) is 4.57. The largest absolute Gasteiger partial charge is 0.467 e. The summed E-state index contributed by atoms with van der Waals surface area (Å²) in [5.41, 5.74) is 0.